The molecule has 4 aromatic heterocycles. The Morgan fingerprint density at radius 2 is 0.889 bits per heavy atom. The summed E-state index contributed by atoms with van der Waals surface area (Å²) < 4.78 is 11.4. The number of nitrogens with zero attached hydrogens (tertiary/aromatic N) is 5. The predicted octanol–water partition coefficient (Wildman–Crippen LogP) is 14.6. The van der Waals surface area contributed by atoms with Crippen molar-refractivity contribution in [3.8, 4) is 56.7 Å². The first kappa shape index (κ1) is 35.2. The van der Waals surface area contributed by atoms with E-state index in [-0.39, 0.29) is 0 Å². The van der Waals surface area contributed by atoms with Crippen molar-refractivity contribution < 1.29 is 4.42 Å². The summed E-state index contributed by atoms with van der Waals surface area (Å²) in [4.78, 5) is 15.5. The molecule has 0 spiro atoms. The second-order valence-corrected chi connectivity index (χ2v) is 16.0. The fraction of sp³-hybridized carbons (Fsp3) is 0. The van der Waals surface area contributed by atoms with E-state index in [0.29, 0.717) is 17.6 Å². The van der Waals surface area contributed by atoms with Crippen molar-refractivity contribution in [1.82, 2.24) is 24.1 Å². The van der Waals surface area contributed by atoms with E-state index in [1.165, 1.54) is 27.4 Å². The van der Waals surface area contributed by atoms with Gasteiger partial charge in [-0.05, 0) is 70.8 Å². The zero-order valence-corrected chi connectivity index (χ0v) is 33.9. The van der Waals surface area contributed by atoms with E-state index in [9.17, 15) is 0 Å². The van der Waals surface area contributed by atoms with E-state index in [1.807, 2.05) is 72.8 Å². The van der Waals surface area contributed by atoms with Crippen LogP contribution in [-0.2, 0) is 0 Å². The van der Waals surface area contributed by atoms with Crippen LogP contribution in [0.5, 0.6) is 0 Å². The van der Waals surface area contributed by atoms with Crippen molar-refractivity contribution in [2.24, 2.45) is 0 Å². The van der Waals surface area contributed by atoms with Gasteiger partial charge in [0, 0.05) is 49.1 Å². The molecule has 0 aliphatic carbocycles. The first-order valence-corrected chi connectivity index (χ1v) is 21.2. The van der Waals surface area contributed by atoms with Crippen molar-refractivity contribution in [2.75, 3.05) is 0 Å². The minimum absolute atomic E-state index is 0.521. The Hall–Kier alpha value is -8.61. The summed E-state index contributed by atoms with van der Waals surface area (Å²) >= 11 is 0. The highest BCUT2D eigenvalue weighted by molar-refractivity contribution is 6.26. The number of para-hydroxylation sites is 4. The van der Waals surface area contributed by atoms with Crippen LogP contribution in [0.15, 0.2) is 217 Å². The molecule has 0 aliphatic rings. The zero-order valence-electron chi connectivity index (χ0n) is 33.9. The number of aromatic nitrogens is 5. The molecule has 6 heteroatoms. The van der Waals surface area contributed by atoms with Gasteiger partial charge in [-0.1, -0.05) is 164 Å². The zero-order chi connectivity index (χ0) is 41.4. The lowest BCUT2D eigenvalue weighted by Crippen LogP contribution is -2.06. The molecule has 63 heavy (non-hydrogen) atoms. The standard InChI is InChI=1S/C57H35N5O/c1-4-16-38(17-5-1)55-58-56(39-18-6-2-7-19-39)60-57(59-55)62-49-26-14-11-24-44(49)52-45(35-47-43-23-12-15-27-51(43)63-54(47)53(52)62)37-30-28-36(29-31-37)40-32-33-50-46(34-40)42-22-10-13-25-48(42)61(50)41-20-8-3-9-21-41/h1-35H. The van der Waals surface area contributed by atoms with Crippen LogP contribution >= 0.6 is 0 Å². The predicted molar refractivity (Wildman–Crippen MR) is 258 cm³/mol. The van der Waals surface area contributed by atoms with E-state index >= 15 is 0 Å². The van der Waals surface area contributed by atoms with Crippen LogP contribution in [0.25, 0.3) is 122 Å². The summed E-state index contributed by atoms with van der Waals surface area (Å²) in [6, 6.07) is 74.5. The molecule has 0 atom stereocenters. The Labute approximate surface area is 361 Å². The monoisotopic (exact) mass is 805 g/mol. The van der Waals surface area contributed by atoms with Crippen LogP contribution in [0, 0.1) is 0 Å². The quantitative estimate of drug-likeness (QED) is 0.168. The summed E-state index contributed by atoms with van der Waals surface area (Å²) in [5, 5.41) is 6.70. The molecule has 0 N–H and O–H groups in total. The molecular formula is C57H35N5O. The van der Waals surface area contributed by atoms with Crippen LogP contribution in [-0.4, -0.2) is 24.1 Å². The van der Waals surface area contributed by atoms with Crippen molar-refractivity contribution in [3.63, 3.8) is 0 Å². The van der Waals surface area contributed by atoms with Crippen molar-refractivity contribution in [2.45, 2.75) is 0 Å². The average Bonchev–Trinajstić information content (AvgIpc) is 4.02. The molecule has 13 rings (SSSR count). The van der Waals surface area contributed by atoms with Gasteiger partial charge in [-0.15, -0.1) is 0 Å². The summed E-state index contributed by atoms with van der Waals surface area (Å²) in [5.41, 5.74) is 13.4. The molecule has 0 aliphatic heterocycles. The van der Waals surface area contributed by atoms with Gasteiger partial charge in [0.15, 0.2) is 17.2 Å². The van der Waals surface area contributed by atoms with E-state index in [1.54, 1.807) is 0 Å². The van der Waals surface area contributed by atoms with Crippen LogP contribution in [0.4, 0.5) is 0 Å². The summed E-state index contributed by atoms with van der Waals surface area (Å²) in [6.07, 6.45) is 0. The molecule has 0 radical (unpaired) electrons. The third-order valence-electron chi connectivity index (χ3n) is 12.4. The third-order valence-corrected chi connectivity index (χ3v) is 12.4. The van der Waals surface area contributed by atoms with Crippen molar-refractivity contribution in [3.05, 3.63) is 212 Å². The second kappa shape index (κ2) is 14.0. The molecule has 6 nitrogen and oxygen atoms in total. The minimum atomic E-state index is 0.521. The molecular weight excluding hydrogens is 771 g/mol. The Morgan fingerprint density at radius 3 is 1.59 bits per heavy atom. The molecule has 0 saturated carbocycles. The number of hydrogen-bond donors (Lipinski definition) is 0. The maximum Gasteiger partial charge on any atom is 0.238 e. The van der Waals surface area contributed by atoms with Crippen LogP contribution < -0.4 is 0 Å². The van der Waals surface area contributed by atoms with Gasteiger partial charge >= 0.3 is 0 Å². The van der Waals surface area contributed by atoms with Crippen molar-refractivity contribution in [1.29, 1.82) is 0 Å². The third kappa shape index (κ3) is 5.55. The summed E-state index contributed by atoms with van der Waals surface area (Å²) in [7, 11) is 0. The molecule has 0 bridgehead atoms. The van der Waals surface area contributed by atoms with E-state index in [4.69, 9.17) is 19.4 Å². The molecule has 0 amide bonds. The molecule has 0 saturated heterocycles. The van der Waals surface area contributed by atoms with E-state index in [0.717, 1.165) is 77.2 Å². The number of fused-ring (bicyclic) bond motifs is 10. The Balaban J connectivity index is 1.04. The van der Waals surface area contributed by atoms with Crippen LogP contribution in [0.2, 0.25) is 0 Å². The molecule has 294 valence electrons. The second-order valence-electron chi connectivity index (χ2n) is 16.0. The largest absolute Gasteiger partial charge is 0.454 e. The maximum absolute atomic E-state index is 6.86. The van der Waals surface area contributed by atoms with Gasteiger partial charge in [-0.25, -0.2) is 4.98 Å². The Kier molecular flexibility index (Phi) is 7.80. The molecule has 4 heterocycles. The minimum Gasteiger partial charge on any atom is -0.454 e. The smallest absolute Gasteiger partial charge is 0.238 e. The molecule has 0 unspecified atom stereocenters. The first-order chi connectivity index (χ1) is 31.2. The lowest BCUT2D eigenvalue weighted by Gasteiger charge is -2.12. The van der Waals surface area contributed by atoms with Crippen molar-refractivity contribution >= 4 is 65.6 Å². The van der Waals surface area contributed by atoms with Gasteiger partial charge in [0.05, 0.1) is 16.6 Å². The highest BCUT2D eigenvalue weighted by Gasteiger charge is 2.25. The topological polar surface area (TPSA) is 61.7 Å². The highest BCUT2D eigenvalue weighted by atomic mass is 16.3. The normalized spacial score (nSPS) is 11.8. The molecule has 13 aromatic rings. The fourth-order valence-corrected chi connectivity index (χ4v) is 9.51. The lowest BCUT2D eigenvalue weighted by atomic mass is 9.94. The number of benzene rings is 9. The van der Waals surface area contributed by atoms with Gasteiger partial charge in [0.2, 0.25) is 5.95 Å². The van der Waals surface area contributed by atoms with E-state index in [2.05, 4.69) is 149 Å². The Morgan fingerprint density at radius 1 is 0.349 bits per heavy atom. The van der Waals surface area contributed by atoms with Crippen LogP contribution in [0.1, 0.15) is 0 Å². The van der Waals surface area contributed by atoms with Gasteiger partial charge in [-0.2, -0.15) is 9.97 Å². The average molecular weight is 806 g/mol. The number of rotatable bonds is 6. The Bertz CT molecular complexity index is 3830. The van der Waals surface area contributed by atoms with E-state index < -0.39 is 0 Å². The van der Waals surface area contributed by atoms with Gasteiger partial charge in [0.25, 0.3) is 0 Å². The first-order valence-electron chi connectivity index (χ1n) is 21.2. The number of furan rings is 1. The van der Waals surface area contributed by atoms with Crippen LogP contribution in [0.3, 0.4) is 0 Å². The van der Waals surface area contributed by atoms with Gasteiger partial charge in [-0.3, -0.25) is 4.57 Å². The molecule has 0 fully saturated rings. The van der Waals surface area contributed by atoms with Gasteiger partial charge in [0.1, 0.15) is 11.1 Å². The fourth-order valence-electron chi connectivity index (χ4n) is 9.51. The molecule has 9 aromatic carbocycles. The lowest BCUT2D eigenvalue weighted by molar-refractivity contribution is 0.670. The summed E-state index contributed by atoms with van der Waals surface area (Å²) in [6.45, 7) is 0. The maximum atomic E-state index is 6.86. The highest BCUT2D eigenvalue weighted by Crippen LogP contribution is 2.46. The van der Waals surface area contributed by atoms with Gasteiger partial charge < -0.3 is 8.98 Å². The summed E-state index contributed by atoms with van der Waals surface area (Å²) in [5.74, 6) is 1.72. The number of hydrogen-bond acceptors (Lipinski definition) is 4. The SMILES string of the molecule is c1ccc(-c2nc(-c3ccccc3)nc(-n3c4ccccc4c4c(-c5ccc(-c6ccc7c(c6)c6ccccc6n7-c6ccccc6)cc5)cc5c6ccccc6oc5c43)n2)cc1.